The van der Waals surface area contributed by atoms with E-state index < -0.39 is 6.19 Å². The van der Waals surface area contributed by atoms with Gasteiger partial charge in [-0.3, -0.25) is 4.67 Å². The van der Waals surface area contributed by atoms with Gasteiger partial charge in [-0.1, -0.05) is 72.5 Å². The molecule has 1 fully saturated rings. The van der Waals surface area contributed by atoms with Gasteiger partial charge in [0.2, 0.25) is 0 Å². The van der Waals surface area contributed by atoms with Crippen LogP contribution >= 0.6 is 6.19 Å². The number of benzene rings is 4. The second kappa shape index (κ2) is 11.0. The fourth-order valence-corrected chi connectivity index (χ4v) is 8.67. The molecule has 1 aliphatic heterocycles. The van der Waals surface area contributed by atoms with Gasteiger partial charge < -0.3 is 14.5 Å². The van der Waals surface area contributed by atoms with Gasteiger partial charge in [0, 0.05) is 60.5 Å². The average Bonchev–Trinajstić information content (AvgIpc) is 2.97. The number of ether oxygens (including phenoxy) is 1. The molecule has 184 valence electrons. The van der Waals surface area contributed by atoms with Crippen molar-refractivity contribution in [2.24, 2.45) is 0 Å². The quantitative estimate of drug-likeness (QED) is 0.286. The number of rotatable bonds is 7. The van der Waals surface area contributed by atoms with E-state index in [-0.39, 0.29) is 0 Å². The highest BCUT2D eigenvalue weighted by Crippen LogP contribution is 2.48. The summed E-state index contributed by atoms with van der Waals surface area (Å²) in [5, 5.41) is 2.43. The molecule has 0 N–H and O–H groups in total. The van der Waals surface area contributed by atoms with Gasteiger partial charge in [0.15, 0.2) is 0 Å². The zero-order chi connectivity index (χ0) is 25.0. The first-order chi connectivity index (χ1) is 17.6. The lowest BCUT2D eigenvalue weighted by molar-refractivity contribution is 0.0754. The summed E-state index contributed by atoms with van der Waals surface area (Å²) in [6.45, 7) is 3.16. The normalized spacial score (nSPS) is 14.4. The Labute approximate surface area is 219 Å². The van der Waals surface area contributed by atoms with Crippen molar-refractivity contribution in [2.75, 3.05) is 50.2 Å². The molecule has 36 heavy (non-hydrogen) atoms. The van der Waals surface area contributed by atoms with Gasteiger partial charge in [0.05, 0.1) is 19.4 Å². The van der Waals surface area contributed by atoms with Gasteiger partial charge in [-0.15, -0.1) is 0 Å². The predicted molar refractivity (Wildman–Crippen MR) is 158 cm³/mol. The van der Waals surface area contributed by atoms with Crippen LogP contribution < -0.4 is 20.4 Å². The van der Waals surface area contributed by atoms with Crippen molar-refractivity contribution in [3.63, 3.8) is 0 Å². The van der Waals surface area contributed by atoms with E-state index in [4.69, 9.17) is 16.5 Å². The minimum Gasteiger partial charge on any atom is -0.379 e. The highest BCUT2D eigenvalue weighted by molar-refractivity contribution is 8.20. The molecule has 0 unspecified atom stereocenters. The molecule has 0 aliphatic carbocycles. The lowest BCUT2D eigenvalue weighted by Crippen LogP contribution is -2.40. The number of nitrogens with zero attached hydrogens (tertiary/aromatic N) is 3. The molecule has 0 aromatic heterocycles. The lowest BCUT2D eigenvalue weighted by Gasteiger charge is -2.38. The standard InChI is InChI=1S/C30H32N3OPS/c1-31(25-9-5-3-6-10-25)27-13-17-29(18-14-27)35(36,33-21-23-34-24-22-33)30-19-15-28(16-20-30)32(2)26-11-7-4-8-12-26/h3-20H,21-24H2,1-2H3. The van der Waals surface area contributed by atoms with Gasteiger partial charge in [0.1, 0.15) is 0 Å². The zero-order valence-electron chi connectivity index (χ0n) is 20.8. The fourth-order valence-electron chi connectivity index (χ4n) is 4.67. The third kappa shape index (κ3) is 4.98. The molecule has 0 saturated carbocycles. The fraction of sp³-hybridized carbons (Fsp3) is 0.200. The summed E-state index contributed by atoms with van der Waals surface area (Å²) in [5.41, 5.74) is 4.62. The SMILES string of the molecule is CN(c1ccccc1)c1ccc(P(=S)(c2ccc(N(C)c3ccccc3)cc2)N2CCOCC2)cc1. The number of para-hydroxylation sites is 2. The van der Waals surface area contributed by atoms with Crippen LogP contribution in [0.5, 0.6) is 0 Å². The zero-order valence-corrected chi connectivity index (χ0v) is 22.5. The molecule has 0 amide bonds. The van der Waals surface area contributed by atoms with E-state index in [0.29, 0.717) is 0 Å². The molecule has 0 spiro atoms. The van der Waals surface area contributed by atoms with Crippen LogP contribution in [0.3, 0.4) is 0 Å². The first-order valence-electron chi connectivity index (χ1n) is 12.3. The highest BCUT2D eigenvalue weighted by Gasteiger charge is 2.31. The van der Waals surface area contributed by atoms with Gasteiger partial charge in [0.25, 0.3) is 0 Å². The Morgan fingerprint density at radius 1 is 0.583 bits per heavy atom. The van der Waals surface area contributed by atoms with Gasteiger partial charge in [-0.2, -0.15) is 0 Å². The Morgan fingerprint density at radius 3 is 1.33 bits per heavy atom. The first kappa shape index (κ1) is 24.7. The maximum atomic E-state index is 6.61. The second-order valence-corrected chi connectivity index (χ2v) is 13.3. The maximum absolute atomic E-state index is 6.61. The molecule has 6 heteroatoms. The van der Waals surface area contributed by atoms with Crippen molar-refractivity contribution in [2.45, 2.75) is 0 Å². The Hall–Kier alpha value is -2.95. The molecule has 4 nitrogen and oxygen atoms in total. The first-order valence-corrected chi connectivity index (χ1v) is 15.0. The summed E-state index contributed by atoms with van der Waals surface area (Å²) in [6.07, 6.45) is -2.19. The van der Waals surface area contributed by atoms with Crippen molar-refractivity contribution in [1.82, 2.24) is 4.67 Å². The molecule has 1 aliphatic rings. The Bertz CT molecular complexity index is 1220. The molecule has 0 bridgehead atoms. The molecular weight excluding hydrogens is 481 g/mol. The molecular formula is C30H32N3OPS. The smallest absolute Gasteiger partial charge is 0.0711 e. The summed E-state index contributed by atoms with van der Waals surface area (Å²) in [7, 11) is 4.20. The summed E-state index contributed by atoms with van der Waals surface area (Å²) in [6, 6.07) is 38.6. The average molecular weight is 514 g/mol. The van der Waals surface area contributed by atoms with Crippen LogP contribution in [0.25, 0.3) is 0 Å². The van der Waals surface area contributed by atoms with E-state index in [1.807, 2.05) is 12.1 Å². The van der Waals surface area contributed by atoms with Crippen molar-refractivity contribution < 1.29 is 4.74 Å². The largest absolute Gasteiger partial charge is 0.379 e. The van der Waals surface area contributed by atoms with Crippen LogP contribution in [0.1, 0.15) is 0 Å². The third-order valence-corrected chi connectivity index (χ3v) is 12.0. The minimum atomic E-state index is -2.19. The molecule has 1 heterocycles. The van der Waals surface area contributed by atoms with Crippen molar-refractivity contribution in [3.05, 3.63) is 109 Å². The third-order valence-electron chi connectivity index (χ3n) is 6.85. The molecule has 0 atom stereocenters. The van der Waals surface area contributed by atoms with E-state index in [1.54, 1.807) is 0 Å². The minimum absolute atomic E-state index is 0.724. The van der Waals surface area contributed by atoms with Crippen LogP contribution in [0, 0.1) is 0 Å². The number of anilines is 4. The van der Waals surface area contributed by atoms with E-state index in [0.717, 1.165) is 49.1 Å². The van der Waals surface area contributed by atoms with Crippen molar-refractivity contribution >= 4 is 51.4 Å². The van der Waals surface area contributed by atoms with Gasteiger partial charge >= 0.3 is 0 Å². The molecule has 1 saturated heterocycles. The summed E-state index contributed by atoms with van der Waals surface area (Å²) in [5.74, 6) is 0. The van der Waals surface area contributed by atoms with Crippen LogP contribution in [-0.2, 0) is 16.5 Å². The summed E-state index contributed by atoms with van der Waals surface area (Å²) in [4.78, 5) is 4.41. The monoisotopic (exact) mass is 513 g/mol. The maximum Gasteiger partial charge on any atom is 0.0711 e. The second-order valence-electron chi connectivity index (χ2n) is 8.96. The van der Waals surface area contributed by atoms with E-state index in [1.165, 1.54) is 10.6 Å². The van der Waals surface area contributed by atoms with Gasteiger partial charge in [-0.25, -0.2) is 0 Å². The van der Waals surface area contributed by atoms with Crippen LogP contribution in [0.2, 0.25) is 0 Å². The van der Waals surface area contributed by atoms with Crippen LogP contribution in [0.15, 0.2) is 109 Å². The van der Waals surface area contributed by atoms with Crippen molar-refractivity contribution in [3.8, 4) is 0 Å². The number of hydrogen-bond acceptors (Lipinski definition) is 4. The Balaban J connectivity index is 1.48. The van der Waals surface area contributed by atoms with Gasteiger partial charge in [-0.05, 0) is 48.5 Å². The predicted octanol–water partition coefficient (Wildman–Crippen LogP) is 5.90. The Kier molecular flexibility index (Phi) is 7.54. The van der Waals surface area contributed by atoms with E-state index >= 15 is 0 Å². The summed E-state index contributed by atoms with van der Waals surface area (Å²) < 4.78 is 8.17. The molecule has 4 aromatic rings. The number of hydrogen-bond donors (Lipinski definition) is 0. The topological polar surface area (TPSA) is 19.0 Å². The number of morpholine rings is 1. The Morgan fingerprint density at radius 2 is 0.944 bits per heavy atom. The van der Waals surface area contributed by atoms with E-state index in [2.05, 4.69) is 126 Å². The van der Waals surface area contributed by atoms with Crippen molar-refractivity contribution in [1.29, 1.82) is 0 Å². The highest BCUT2D eigenvalue weighted by atomic mass is 32.4. The molecule has 5 rings (SSSR count). The lowest BCUT2D eigenvalue weighted by atomic mass is 10.2. The molecule has 4 aromatic carbocycles. The van der Waals surface area contributed by atoms with Crippen LogP contribution in [0.4, 0.5) is 22.7 Å². The van der Waals surface area contributed by atoms with Crippen LogP contribution in [-0.4, -0.2) is 45.1 Å². The molecule has 0 radical (unpaired) electrons. The van der Waals surface area contributed by atoms with E-state index in [9.17, 15) is 0 Å². The summed E-state index contributed by atoms with van der Waals surface area (Å²) >= 11 is 6.61.